The smallest absolute Gasteiger partial charge is 0.123 e. The minimum atomic E-state index is 0.297. The molecule has 0 saturated heterocycles. The second-order valence-corrected chi connectivity index (χ2v) is 4.41. The molecule has 1 saturated carbocycles. The van der Waals surface area contributed by atoms with Crippen LogP contribution in [0.15, 0.2) is 18.2 Å². The van der Waals surface area contributed by atoms with Crippen LogP contribution in [0.1, 0.15) is 25.3 Å². The Kier molecular flexibility index (Phi) is 2.57. The van der Waals surface area contributed by atoms with Gasteiger partial charge in [0.1, 0.15) is 11.5 Å². The van der Waals surface area contributed by atoms with Crippen molar-refractivity contribution in [2.75, 3.05) is 7.11 Å². The van der Waals surface area contributed by atoms with Crippen molar-refractivity contribution in [3.63, 3.8) is 0 Å². The van der Waals surface area contributed by atoms with E-state index in [0.29, 0.717) is 23.6 Å². The Balaban J connectivity index is 2.01. The molecule has 0 aromatic heterocycles. The fraction of sp³-hybridized carbons (Fsp3) is 0.500. The third-order valence-electron chi connectivity index (χ3n) is 3.00. The molecular formula is C12H17NO2. The number of aromatic hydroxyl groups is 1. The molecule has 2 rings (SSSR count). The van der Waals surface area contributed by atoms with Crippen LogP contribution in [0, 0.1) is 0 Å². The number of rotatable bonds is 4. The van der Waals surface area contributed by atoms with Crippen LogP contribution in [0.5, 0.6) is 11.5 Å². The minimum absolute atomic E-state index is 0.297. The van der Waals surface area contributed by atoms with Gasteiger partial charge in [-0.05, 0) is 25.8 Å². The van der Waals surface area contributed by atoms with Gasteiger partial charge in [-0.1, -0.05) is 6.07 Å². The molecule has 2 N–H and O–H groups in total. The topological polar surface area (TPSA) is 41.5 Å². The summed E-state index contributed by atoms with van der Waals surface area (Å²) < 4.78 is 5.03. The highest BCUT2D eigenvalue weighted by Crippen LogP contribution is 2.35. The molecule has 0 amide bonds. The van der Waals surface area contributed by atoms with E-state index < -0.39 is 0 Å². The average Bonchev–Trinajstić information content (AvgIpc) is 2.95. The predicted molar refractivity (Wildman–Crippen MR) is 59.1 cm³/mol. The summed E-state index contributed by atoms with van der Waals surface area (Å²) >= 11 is 0. The molecule has 1 fully saturated rings. The molecular weight excluding hydrogens is 190 g/mol. The highest BCUT2D eigenvalue weighted by atomic mass is 16.5. The number of hydrogen-bond donors (Lipinski definition) is 2. The van der Waals surface area contributed by atoms with Crippen molar-refractivity contribution in [2.24, 2.45) is 0 Å². The molecule has 0 radical (unpaired) electrons. The van der Waals surface area contributed by atoms with Crippen LogP contribution in [0.3, 0.4) is 0 Å². The molecule has 0 heterocycles. The van der Waals surface area contributed by atoms with Crippen LogP contribution in [0.2, 0.25) is 0 Å². The van der Waals surface area contributed by atoms with Gasteiger partial charge in [0.05, 0.1) is 7.11 Å². The number of phenols is 1. The van der Waals surface area contributed by atoms with Gasteiger partial charge in [-0.25, -0.2) is 0 Å². The highest BCUT2D eigenvalue weighted by molar-refractivity contribution is 5.39. The quantitative estimate of drug-likeness (QED) is 0.794. The molecule has 3 nitrogen and oxygen atoms in total. The van der Waals surface area contributed by atoms with Gasteiger partial charge in [0.15, 0.2) is 0 Å². The van der Waals surface area contributed by atoms with Crippen LogP contribution in [0.25, 0.3) is 0 Å². The third kappa shape index (κ3) is 2.42. The Labute approximate surface area is 90.1 Å². The van der Waals surface area contributed by atoms with Gasteiger partial charge in [0.2, 0.25) is 0 Å². The first-order chi connectivity index (χ1) is 7.13. The molecule has 0 bridgehead atoms. The van der Waals surface area contributed by atoms with E-state index in [4.69, 9.17) is 4.74 Å². The lowest BCUT2D eigenvalue weighted by Crippen LogP contribution is -2.26. The van der Waals surface area contributed by atoms with Gasteiger partial charge >= 0.3 is 0 Å². The van der Waals surface area contributed by atoms with Gasteiger partial charge in [-0.15, -0.1) is 0 Å². The third-order valence-corrected chi connectivity index (χ3v) is 3.00. The van der Waals surface area contributed by atoms with E-state index in [1.165, 1.54) is 12.8 Å². The maximum atomic E-state index is 9.72. The lowest BCUT2D eigenvalue weighted by atomic mass is 10.1. The fourth-order valence-corrected chi connectivity index (χ4v) is 1.49. The molecule has 3 heteroatoms. The first kappa shape index (κ1) is 10.3. The van der Waals surface area contributed by atoms with E-state index in [9.17, 15) is 5.11 Å². The number of phenolic OH excluding ortho intramolecular Hbond substituents is 1. The normalized spacial score (nSPS) is 17.5. The van der Waals surface area contributed by atoms with E-state index >= 15 is 0 Å². The van der Waals surface area contributed by atoms with Crippen molar-refractivity contribution >= 4 is 0 Å². The maximum absolute atomic E-state index is 9.72. The van der Waals surface area contributed by atoms with Gasteiger partial charge in [0.25, 0.3) is 0 Å². The lowest BCUT2D eigenvalue weighted by molar-refractivity contribution is 0.405. The first-order valence-corrected chi connectivity index (χ1v) is 5.24. The molecule has 1 aliphatic rings. The molecule has 82 valence electrons. The monoisotopic (exact) mass is 207 g/mol. The summed E-state index contributed by atoms with van der Waals surface area (Å²) in [5, 5.41) is 13.1. The maximum Gasteiger partial charge on any atom is 0.123 e. The molecule has 1 aliphatic carbocycles. The number of ether oxygens (including phenoxy) is 1. The van der Waals surface area contributed by atoms with Crippen molar-refractivity contribution in [3.05, 3.63) is 23.8 Å². The van der Waals surface area contributed by atoms with E-state index in [1.54, 1.807) is 13.2 Å². The van der Waals surface area contributed by atoms with Crippen LogP contribution in [0.4, 0.5) is 0 Å². The van der Waals surface area contributed by atoms with Crippen LogP contribution >= 0.6 is 0 Å². The van der Waals surface area contributed by atoms with E-state index in [2.05, 4.69) is 12.2 Å². The van der Waals surface area contributed by atoms with Crippen LogP contribution in [-0.4, -0.2) is 17.8 Å². The summed E-state index contributed by atoms with van der Waals surface area (Å²) in [6, 6.07) is 5.41. The summed E-state index contributed by atoms with van der Waals surface area (Å²) in [4.78, 5) is 0. The molecule has 0 aliphatic heterocycles. The molecule has 0 unspecified atom stereocenters. The number of hydrogen-bond acceptors (Lipinski definition) is 3. The summed E-state index contributed by atoms with van der Waals surface area (Å²) in [6.07, 6.45) is 2.45. The largest absolute Gasteiger partial charge is 0.507 e. The number of benzene rings is 1. The Morgan fingerprint density at radius 2 is 2.20 bits per heavy atom. The van der Waals surface area contributed by atoms with Gasteiger partial charge in [-0.3, -0.25) is 0 Å². The van der Waals surface area contributed by atoms with Crippen molar-refractivity contribution in [3.8, 4) is 11.5 Å². The van der Waals surface area contributed by atoms with Crippen LogP contribution in [-0.2, 0) is 6.54 Å². The second-order valence-electron chi connectivity index (χ2n) is 4.41. The minimum Gasteiger partial charge on any atom is -0.507 e. The van der Waals surface area contributed by atoms with Gasteiger partial charge < -0.3 is 15.2 Å². The van der Waals surface area contributed by atoms with Gasteiger partial charge in [0, 0.05) is 23.7 Å². The highest BCUT2D eigenvalue weighted by Gasteiger charge is 2.36. The summed E-state index contributed by atoms with van der Waals surface area (Å²) in [5.41, 5.74) is 1.22. The predicted octanol–water partition coefficient (Wildman–Crippen LogP) is 2.04. The Morgan fingerprint density at radius 1 is 1.47 bits per heavy atom. The number of nitrogens with one attached hydrogen (secondary N) is 1. The standard InChI is InChI=1S/C12H17NO2/c1-12(5-6-12)13-8-9-3-4-10(15-2)7-11(9)14/h3-4,7,13-14H,5-6,8H2,1-2H3. The lowest BCUT2D eigenvalue weighted by Gasteiger charge is -2.12. The zero-order chi connectivity index (χ0) is 10.9. The summed E-state index contributed by atoms with van der Waals surface area (Å²) in [5.74, 6) is 0.986. The molecule has 1 aromatic carbocycles. The van der Waals surface area contributed by atoms with Crippen molar-refractivity contribution in [1.82, 2.24) is 5.32 Å². The average molecular weight is 207 g/mol. The molecule has 0 atom stereocenters. The van der Waals surface area contributed by atoms with E-state index in [1.807, 2.05) is 12.1 Å². The van der Waals surface area contributed by atoms with E-state index in [-0.39, 0.29) is 0 Å². The zero-order valence-electron chi connectivity index (χ0n) is 9.21. The van der Waals surface area contributed by atoms with Crippen molar-refractivity contribution < 1.29 is 9.84 Å². The van der Waals surface area contributed by atoms with Crippen molar-refractivity contribution in [1.29, 1.82) is 0 Å². The summed E-state index contributed by atoms with van der Waals surface area (Å²) in [6.45, 7) is 2.92. The Hall–Kier alpha value is -1.22. The molecule has 1 aromatic rings. The summed E-state index contributed by atoms with van der Waals surface area (Å²) in [7, 11) is 1.60. The first-order valence-electron chi connectivity index (χ1n) is 5.24. The Bertz CT molecular complexity index is 359. The van der Waals surface area contributed by atoms with Gasteiger partial charge in [-0.2, -0.15) is 0 Å². The number of methoxy groups -OCH3 is 1. The second kappa shape index (κ2) is 3.74. The molecule has 15 heavy (non-hydrogen) atoms. The Morgan fingerprint density at radius 3 is 2.73 bits per heavy atom. The van der Waals surface area contributed by atoms with Crippen LogP contribution < -0.4 is 10.1 Å². The fourth-order valence-electron chi connectivity index (χ4n) is 1.49. The zero-order valence-corrected chi connectivity index (χ0v) is 9.21. The SMILES string of the molecule is COc1ccc(CNC2(C)CC2)c(O)c1. The molecule has 0 spiro atoms. The van der Waals surface area contributed by atoms with Crippen molar-refractivity contribution in [2.45, 2.75) is 31.8 Å². The van der Waals surface area contributed by atoms with E-state index in [0.717, 1.165) is 5.56 Å².